The van der Waals surface area contributed by atoms with Crippen LogP contribution in [0.1, 0.15) is 28.0 Å². The predicted molar refractivity (Wildman–Crippen MR) is 115 cm³/mol. The molecule has 10 heteroatoms. The number of fused-ring (bicyclic) bond motifs is 1. The molecule has 1 saturated heterocycles. The van der Waals surface area contributed by atoms with Gasteiger partial charge in [-0.05, 0) is 38.4 Å². The molecule has 1 aliphatic carbocycles. The van der Waals surface area contributed by atoms with Crippen LogP contribution in [-0.2, 0) is 12.8 Å². The van der Waals surface area contributed by atoms with Gasteiger partial charge < -0.3 is 9.80 Å². The molecule has 0 bridgehead atoms. The van der Waals surface area contributed by atoms with Gasteiger partial charge in [-0.2, -0.15) is 5.10 Å². The Morgan fingerprint density at radius 2 is 1.91 bits per heavy atom. The van der Waals surface area contributed by atoms with E-state index < -0.39 is 11.6 Å². The number of carbonyl (C=O) groups is 1. The molecule has 0 saturated carbocycles. The Hall–Kier alpha value is -3.40. The minimum atomic E-state index is -0.523. The maximum Gasteiger partial charge on any atom is 0.255 e. The second-order valence-corrected chi connectivity index (χ2v) is 7.89. The van der Waals surface area contributed by atoms with E-state index in [0.717, 1.165) is 62.8 Å². The van der Waals surface area contributed by atoms with Crippen LogP contribution in [0.5, 0.6) is 0 Å². The summed E-state index contributed by atoms with van der Waals surface area (Å²) < 4.78 is 27.6. The molecule has 1 fully saturated rings. The normalized spacial score (nSPS) is 15.8. The third-order valence-corrected chi connectivity index (χ3v) is 5.64. The van der Waals surface area contributed by atoms with Crippen LogP contribution in [0.15, 0.2) is 35.4 Å². The van der Waals surface area contributed by atoms with Crippen LogP contribution in [-0.4, -0.2) is 64.2 Å². The molecule has 0 atom stereocenters. The van der Waals surface area contributed by atoms with Gasteiger partial charge in [0.25, 0.3) is 5.56 Å². The number of aromatic nitrogens is 4. The summed E-state index contributed by atoms with van der Waals surface area (Å²) in [6.07, 6.45) is 6.25. The van der Waals surface area contributed by atoms with E-state index >= 15 is 0 Å². The first-order valence-corrected chi connectivity index (χ1v) is 10.5. The van der Waals surface area contributed by atoms with Gasteiger partial charge in [0.15, 0.2) is 6.29 Å². The Balaban J connectivity index is 0.000000155. The molecule has 0 unspecified atom stereocenters. The van der Waals surface area contributed by atoms with Crippen molar-refractivity contribution in [1.29, 1.82) is 0 Å². The molecule has 5 rings (SSSR count). The monoisotopic (exact) mass is 442 g/mol. The summed E-state index contributed by atoms with van der Waals surface area (Å²) >= 11 is 0. The van der Waals surface area contributed by atoms with Crippen molar-refractivity contribution in [2.75, 3.05) is 38.1 Å². The quantitative estimate of drug-likeness (QED) is 0.625. The lowest BCUT2D eigenvalue weighted by atomic mass is 10.2. The first kappa shape index (κ1) is 21.8. The summed E-state index contributed by atoms with van der Waals surface area (Å²) in [5.41, 5.74) is 2.46. The fraction of sp³-hybridized carbons (Fsp3) is 0.364. The average molecular weight is 442 g/mol. The molecule has 0 spiro atoms. The van der Waals surface area contributed by atoms with Crippen LogP contribution in [0.25, 0.3) is 5.95 Å². The summed E-state index contributed by atoms with van der Waals surface area (Å²) in [4.78, 5) is 33.5. The van der Waals surface area contributed by atoms with Gasteiger partial charge in [-0.15, -0.1) is 0 Å². The molecule has 1 N–H and O–H groups in total. The van der Waals surface area contributed by atoms with Gasteiger partial charge in [0.1, 0.15) is 11.6 Å². The molecule has 1 aromatic carbocycles. The summed E-state index contributed by atoms with van der Waals surface area (Å²) in [6.45, 7) is 3.41. The Labute approximate surface area is 183 Å². The number of hydrogen-bond acceptors (Lipinski definition) is 6. The maximum atomic E-state index is 13.4. The zero-order valence-corrected chi connectivity index (χ0v) is 17.7. The van der Waals surface area contributed by atoms with Crippen LogP contribution in [0, 0.1) is 11.6 Å². The highest BCUT2D eigenvalue weighted by atomic mass is 19.1. The molecule has 0 amide bonds. The summed E-state index contributed by atoms with van der Waals surface area (Å²) in [7, 11) is 2.04. The lowest BCUT2D eigenvalue weighted by Gasteiger charge is -2.34. The van der Waals surface area contributed by atoms with Crippen molar-refractivity contribution >= 4 is 12.0 Å². The molecule has 0 radical (unpaired) electrons. The van der Waals surface area contributed by atoms with E-state index in [1.165, 1.54) is 29.2 Å². The fourth-order valence-electron chi connectivity index (χ4n) is 3.84. The highest BCUT2D eigenvalue weighted by Gasteiger charge is 2.18. The highest BCUT2D eigenvalue weighted by molar-refractivity contribution is 5.73. The maximum absolute atomic E-state index is 13.4. The van der Waals surface area contributed by atoms with Crippen LogP contribution in [0.4, 0.5) is 14.5 Å². The number of halogens is 2. The molecule has 1 aliphatic heterocycles. The SMILES string of the molecule is CN1CCN(c2ccc(F)cc2F)CC1.O=Cc1cnn(-c2nc3c(c(=O)[nH]2)CCC3)c1. The van der Waals surface area contributed by atoms with Crippen LogP contribution in [0.3, 0.4) is 0 Å². The number of aryl methyl sites for hydroxylation is 1. The van der Waals surface area contributed by atoms with E-state index in [-0.39, 0.29) is 5.56 Å². The first-order valence-electron chi connectivity index (χ1n) is 10.5. The molecular weight excluding hydrogens is 418 g/mol. The highest BCUT2D eigenvalue weighted by Crippen LogP contribution is 2.21. The van der Waals surface area contributed by atoms with E-state index in [0.29, 0.717) is 23.5 Å². The van der Waals surface area contributed by atoms with Crippen molar-refractivity contribution in [3.8, 4) is 5.95 Å². The standard InChI is InChI=1S/C11H14F2N2.C11H10N4O2/c1-14-4-6-15(7-5-14)11-3-2-9(12)8-10(11)13;16-6-7-4-12-15(5-7)11-13-9-3-1-2-8(9)10(17)14-11/h2-3,8H,4-7H2,1H3;4-6H,1-3H2,(H,13,14,17). The van der Waals surface area contributed by atoms with Gasteiger partial charge in [0.2, 0.25) is 5.95 Å². The van der Waals surface area contributed by atoms with Crippen molar-refractivity contribution in [1.82, 2.24) is 24.6 Å². The van der Waals surface area contributed by atoms with Gasteiger partial charge in [-0.25, -0.2) is 18.4 Å². The van der Waals surface area contributed by atoms with E-state index in [9.17, 15) is 18.4 Å². The third-order valence-electron chi connectivity index (χ3n) is 5.64. The van der Waals surface area contributed by atoms with E-state index in [1.807, 2.05) is 11.9 Å². The minimum Gasteiger partial charge on any atom is -0.367 e. The number of H-pyrrole nitrogens is 1. The molecule has 2 aromatic heterocycles. The van der Waals surface area contributed by atoms with E-state index in [4.69, 9.17) is 0 Å². The Morgan fingerprint density at radius 1 is 1.12 bits per heavy atom. The van der Waals surface area contributed by atoms with Crippen molar-refractivity contribution < 1.29 is 13.6 Å². The molecule has 2 aliphatic rings. The predicted octanol–water partition coefficient (Wildman–Crippen LogP) is 1.97. The van der Waals surface area contributed by atoms with Gasteiger partial charge >= 0.3 is 0 Å². The largest absolute Gasteiger partial charge is 0.367 e. The number of benzene rings is 1. The molecule has 32 heavy (non-hydrogen) atoms. The zero-order valence-electron chi connectivity index (χ0n) is 17.7. The number of rotatable bonds is 3. The first-order chi connectivity index (χ1) is 15.4. The lowest BCUT2D eigenvalue weighted by molar-refractivity contribution is 0.112. The van der Waals surface area contributed by atoms with Crippen LogP contribution in [0.2, 0.25) is 0 Å². The number of piperazine rings is 1. The number of likely N-dealkylation sites (N-methyl/N-ethyl adjacent to an activating group) is 1. The molecular formula is C22H24F2N6O2. The van der Waals surface area contributed by atoms with Crippen molar-refractivity contribution in [2.24, 2.45) is 0 Å². The molecule has 3 heterocycles. The number of hydrogen-bond donors (Lipinski definition) is 1. The van der Waals surface area contributed by atoms with Crippen molar-refractivity contribution in [2.45, 2.75) is 19.3 Å². The second-order valence-electron chi connectivity index (χ2n) is 7.89. The Morgan fingerprint density at radius 3 is 2.59 bits per heavy atom. The number of aldehydes is 1. The van der Waals surface area contributed by atoms with Crippen LogP contribution >= 0.6 is 0 Å². The lowest BCUT2D eigenvalue weighted by Crippen LogP contribution is -2.44. The molecule has 168 valence electrons. The van der Waals surface area contributed by atoms with Crippen molar-refractivity contribution in [3.05, 3.63) is 69.4 Å². The Bertz CT molecular complexity index is 1170. The number of anilines is 1. The zero-order chi connectivity index (χ0) is 22.7. The fourth-order valence-corrected chi connectivity index (χ4v) is 3.84. The van der Waals surface area contributed by atoms with Gasteiger partial charge in [0, 0.05) is 44.0 Å². The van der Waals surface area contributed by atoms with E-state index in [1.54, 1.807) is 0 Å². The molecule has 3 aromatic rings. The minimum absolute atomic E-state index is 0.106. The van der Waals surface area contributed by atoms with Gasteiger partial charge in [-0.3, -0.25) is 14.6 Å². The molecule has 8 nitrogen and oxygen atoms in total. The van der Waals surface area contributed by atoms with Gasteiger partial charge in [-0.1, -0.05) is 0 Å². The van der Waals surface area contributed by atoms with Crippen LogP contribution < -0.4 is 10.5 Å². The second kappa shape index (κ2) is 9.39. The number of carbonyl (C=O) groups excluding carboxylic acids is 1. The van der Waals surface area contributed by atoms with Crippen molar-refractivity contribution in [3.63, 3.8) is 0 Å². The number of aromatic amines is 1. The average Bonchev–Trinajstić information content (AvgIpc) is 3.45. The smallest absolute Gasteiger partial charge is 0.255 e. The summed E-state index contributed by atoms with van der Waals surface area (Å²) in [6, 6.07) is 3.75. The summed E-state index contributed by atoms with van der Waals surface area (Å²) in [5.74, 6) is -0.631. The third kappa shape index (κ3) is 4.75. The van der Waals surface area contributed by atoms with Gasteiger partial charge in [0.05, 0.1) is 23.1 Å². The Kier molecular flexibility index (Phi) is 6.40. The van der Waals surface area contributed by atoms with E-state index in [2.05, 4.69) is 20.0 Å². The topological polar surface area (TPSA) is 87.1 Å². The number of nitrogens with one attached hydrogen (secondary N) is 1. The number of nitrogens with zero attached hydrogens (tertiary/aromatic N) is 5. The summed E-state index contributed by atoms with van der Waals surface area (Å²) in [5, 5.41) is 3.98.